The van der Waals surface area contributed by atoms with Gasteiger partial charge in [0.2, 0.25) is 0 Å². The van der Waals surface area contributed by atoms with E-state index in [1.165, 1.54) is 18.2 Å². The number of fused-ring (bicyclic) bond motifs is 3. The van der Waals surface area contributed by atoms with Crippen LogP contribution in [0.1, 0.15) is 61.5 Å². The molecule has 1 aliphatic rings. The zero-order valence-electron chi connectivity index (χ0n) is 20.7. The normalized spacial score (nSPS) is 14.8. The van der Waals surface area contributed by atoms with Crippen molar-refractivity contribution in [3.8, 4) is 22.4 Å². The highest BCUT2D eigenvalue weighted by atomic mass is 19.1. The number of aromatic amines is 1. The minimum Gasteiger partial charge on any atom is -0.481 e. The second-order valence-electron chi connectivity index (χ2n) is 9.62. The van der Waals surface area contributed by atoms with Gasteiger partial charge in [0.1, 0.15) is 5.82 Å². The van der Waals surface area contributed by atoms with Gasteiger partial charge in [0.05, 0.1) is 30.0 Å². The van der Waals surface area contributed by atoms with Crippen LogP contribution in [-0.2, 0) is 17.6 Å². The molecule has 3 aromatic rings. The molecular weight excluding hydrogens is 477 g/mol. The van der Waals surface area contributed by atoms with Crippen molar-refractivity contribution in [1.29, 1.82) is 0 Å². The number of aromatic nitrogens is 3. The van der Waals surface area contributed by atoms with Crippen molar-refractivity contribution in [1.82, 2.24) is 15.0 Å². The molecule has 0 aliphatic heterocycles. The monoisotopic (exact) mass is 507 g/mol. The van der Waals surface area contributed by atoms with Crippen molar-refractivity contribution in [2.45, 2.75) is 64.1 Å². The molecule has 1 aliphatic carbocycles. The van der Waals surface area contributed by atoms with Crippen LogP contribution in [-0.4, -0.2) is 48.4 Å². The van der Waals surface area contributed by atoms with Gasteiger partial charge in [0, 0.05) is 29.4 Å². The van der Waals surface area contributed by atoms with E-state index in [1.807, 2.05) is 13.8 Å². The quantitative estimate of drug-likeness (QED) is 0.364. The molecule has 0 saturated carbocycles. The van der Waals surface area contributed by atoms with Crippen molar-refractivity contribution >= 4 is 12.0 Å². The summed E-state index contributed by atoms with van der Waals surface area (Å²) in [6, 6.07) is 6.20. The summed E-state index contributed by atoms with van der Waals surface area (Å²) >= 11 is 0. The van der Waals surface area contributed by atoms with Gasteiger partial charge in [-0.2, -0.15) is 0 Å². The third-order valence-electron chi connectivity index (χ3n) is 6.46. The summed E-state index contributed by atoms with van der Waals surface area (Å²) in [4.78, 5) is 34.6. The van der Waals surface area contributed by atoms with Gasteiger partial charge in [-0.15, -0.1) is 0 Å². The van der Waals surface area contributed by atoms with Crippen molar-refractivity contribution in [2.75, 3.05) is 0 Å². The van der Waals surface area contributed by atoms with Crippen molar-refractivity contribution < 1.29 is 24.5 Å². The molecule has 2 aromatic heterocycles. The molecule has 0 saturated heterocycles. The first kappa shape index (κ1) is 26.4. The number of pyridine rings is 1. The van der Waals surface area contributed by atoms with Crippen LogP contribution >= 0.6 is 0 Å². The summed E-state index contributed by atoms with van der Waals surface area (Å²) < 4.78 is 13.8. The Kier molecular flexibility index (Phi) is 7.94. The highest BCUT2D eigenvalue weighted by Crippen LogP contribution is 2.41. The number of carboxylic acid groups (broad SMARTS) is 1. The summed E-state index contributed by atoms with van der Waals surface area (Å²) in [6.07, 6.45) is 4.03. The number of aryl methyl sites for hydroxylation is 1. The number of hydrogen-bond acceptors (Lipinski definition) is 6. The molecule has 37 heavy (non-hydrogen) atoms. The SMILES string of the molecule is CC(C)c1nc2c(c(-c3ccc(F)cc3)c1C=C[C@@H](O)C[C@@H](O)CC(=O)O)CCCc1[nH]c(=O)ncc1-2. The number of halogens is 1. The molecule has 4 rings (SSSR count). The maximum Gasteiger partial charge on any atom is 0.345 e. The molecule has 2 heterocycles. The third-order valence-corrected chi connectivity index (χ3v) is 6.46. The smallest absolute Gasteiger partial charge is 0.345 e. The average Bonchev–Trinajstić information content (AvgIpc) is 3.00. The van der Waals surface area contributed by atoms with E-state index in [4.69, 9.17) is 10.1 Å². The average molecular weight is 508 g/mol. The number of hydrogen-bond donors (Lipinski definition) is 4. The lowest BCUT2D eigenvalue weighted by atomic mass is 9.87. The lowest BCUT2D eigenvalue weighted by Crippen LogP contribution is -2.19. The van der Waals surface area contributed by atoms with Gasteiger partial charge < -0.3 is 20.3 Å². The number of aliphatic hydroxyl groups is 2. The second kappa shape index (κ2) is 11.1. The van der Waals surface area contributed by atoms with Crippen molar-refractivity contribution in [3.63, 3.8) is 0 Å². The first-order chi connectivity index (χ1) is 17.6. The molecule has 0 fully saturated rings. The Morgan fingerprint density at radius 2 is 1.92 bits per heavy atom. The van der Waals surface area contributed by atoms with E-state index in [-0.39, 0.29) is 18.2 Å². The van der Waals surface area contributed by atoms with Crippen LogP contribution in [0.3, 0.4) is 0 Å². The van der Waals surface area contributed by atoms with E-state index >= 15 is 0 Å². The van der Waals surface area contributed by atoms with Gasteiger partial charge >= 0.3 is 11.7 Å². The van der Waals surface area contributed by atoms with Crippen LogP contribution in [0.25, 0.3) is 28.5 Å². The van der Waals surface area contributed by atoms with Gasteiger partial charge in [-0.1, -0.05) is 38.1 Å². The van der Waals surface area contributed by atoms with E-state index in [9.17, 15) is 24.2 Å². The fraction of sp³-hybridized carbons (Fsp3) is 0.357. The molecular formula is C28H30FN3O5. The summed E-state index contributed by atoms with van der Waals surface area (Å²) in [7, 11) is 0. The van der Waals surface area contributed by atoms with Gasteiger partial charge in [-0.25, -0.2) is 14.2 Å². The van der Waals surface area contributed by atoms with E-state index in [2.05, 4.69) is 9.97 Å². The van der Waals surface area contributed by atoms with Crippen LogP contribution in [0, 0.1) is 5.82 Å². The van der Waals surface area contributed by atoms with E-state index in [0.29, 0.717) is 18.5 Å². The van der Waals surface area contributed by atoms with Crippen LogP contribution in [0.15, 0.2) is 41.3 Å². The van der Waals surface area contributed by atoms with Gasteiger partial charge in [-0.3, -0.25) is 9.78 Å². The lowest BCUT2D eigenvalue weighted by molar-refractivity contribution is -0.139. The molecule has 4 N–H and O–H groups in total. The number of nitrogens with one attached hydrogen (secondary N) is 1. The summed E-state index contributed by atoms with van der Waals surface area (Å²) in [5, 5.41) is 29.3. The van der Waals surface area contributed by atoms with Crippen molar-refractivity contribution in [3.05, 3.63) is 75.4 Å². The zero-order chi connectivity index (χ0) is 26.7. The molecule has 8 nitrogen and oxygen atoms in total. The topological polar surface area (TPSA) is 136 Å². The molecule has 0 amide bonds. The number of nitrogens with zero attached hydrogens (tertiary/aromatic N) is 2. The highest BCUT2D eigenvalue weighted by molar-refractivity contribution is 5.85. The lowest BCUT2D eigenvalue weighted by Gasteiger charge is -2.22. The Bertz CT molecular complexity index is 1380. The second-order valence-corrected chi connectivity index (χ2v) is 9.62. The fourth-order valence-corrected chi connectivity index (χ4v) is 4.80. The number of aliphatic carboxylic acids is 1. The predicted molar refractivity (Wildman–Crippen MR) is 138 cm³/mol. The van der Waals surface area contributed by atoms with Crippen LogP contribution in [0.4, 0.5) is 4.39 Å². The molecule has 0 bridgehead atoms. The van der Waals surface area contributed by atoms with E-state index in [0.717, 1.165) is 45.6 Å². The largest absolute Gasteiger partial charge is 0.481 e. The Labute approximate surface area is 213 Å². The fourth-order valence-electron chi connectivity index (χ4n) is 4.80. The maximum absolute atomic E-state index is 13.8. The number of H-pyrrole nitrogens is 1. The van der Waals surface area contributed by atoms with Crippen LogP contribution < -0.4 is 5.69 Å². The number of benzene rings is 1. The summed E-state index contributed by atoms with van der Waals surface area (Å²) in [5.41, 5.74) is 5.90. The standard InChI is InChI=1S/C28H30FN3O5/c1-15(2)26-21(11-10-18(33)12-19(34)13-24(35)36)25(16-6-8-17(29)9-7-16)20-4-3-5-23-22(27(20)32-26)14-30-28(37)31-23/h6-11,14-15,18-19,33-34H,3-5,12-13H2,1-2H3,(H,35,36)(H,30,31,37)/t18-,19-/m1/s1. The van der Waals surface area contributed by atoms with Gasteiger partial charge in [0.25, 0.3) is 0 Å². The van der Waals surface area contributed by atoms with Crippen LogP contribution in [0.5, 0.6) is 0 Å². The highest BCUT2D eigenvalue weighted by Gasteiger charge is 2.26. The number of rotatable bonds is 8. The molecule has 1 aromatic carbocycles. The number of carbonyl (C=O) groups is 1. The van der Waals surface area contributed by atoms with Crippen LogP contribution in [0.2, 0.25) is 0 Å². The van der Waals surface area contributed by atoms with E-state index < -0.39 is 30.3 Å². The minimum atomic E-state index is -1.19. The maximum atomic E-state index is 13.8. The van der Waals surface area contributed by atoms with Gasteiger partial charge in [0.15, 0.2) is 0 Å². The Morgan fingerprint density at radius 1 is 1.19 bits per heavy atom. The number of aliphatic hydroxyl groups excluding tert-OH is 2. The first-order valence-electron chi connectivity index (χ1n) is 12.3. The molecule has 0 unspecified atom stereocenters. The third kappa shape index (κ3) is 6.00. The zero-order valence-corrected chi connectivity index (χ0v) is 20.7. The predicted octanol–water partition coefficient (Wildman–Crippen LogP) is 3.85. The Morgan fingerprint density at radius 3 is 2.59 bits per heavy atom. The minimum absolute atomic E-state index is 0.0266. The molecule has 0 radical (unpaired) electrons. The molecule has 2 atom stereocenters. The van der Waals surface area contributed by atoms with Gasteiger partial charge in [-0.05, 0) is 54.0 Å². The molecule has 9 heteroatoms. The number of carboxylic acids is 1. The molecule has 194 valence electrons. The summed E-state index contributed by atoms with van der Waals surface area (Å²) in [6.45, 7) is 3.99. The summed E-state index contributed by atoms with van der Waals surface area (Å²) in [5.74, 6) is -1.53. The molecule has 0 spiro atoms. The Hall–Kier alpha value is -3.69. The Balaban J connectivity index is 1.92. The first-order valence-corrected chi connectivity index (χ1v) is 12.3. The van der Waals surface area contributed by atoms with Crippen molar-refractivity contribution in [2.24, 2.45) is 0 Å². The van der Waals surface area contributed by atoms with E-state index in [1.54, 1.807) is 24.4 Å².